The van der Waals surface area contributed by atoms with Gasteiger partial charge in [-0.3, -0.25) is 14.4 Å². The molecule has 226 valence electrons. The molecule has 9 rings (SSSR count). The lowest BCUT2D eigenvalue weighted by molar-refractivity contribution is -0.169. The van der Waals surface area contributed by atoms with Gasteiger partial charge in [0, 0.05) is 10.8 Å². The second-order valence-electron chi connectivity index (χ2n) is 13.1. The summed E-state index contributed by atoms with van der Waals surface area (Å²) < 4.78 is 15.6. The number of ether oxygens (including phenoxy) is 2. The largest absolute Gasteiger partial charge is 0.465 e. The van der Waals surface area contributed by atoms with Gasteiger partial charge in [-0.2, -0.15) is 0 Å². The van der Waals surface area contributed by atoms with Gasteiger partial charge in [-0.05, 0) is 63.7 Å². The molecule has 1 aromatic carbocycles. The minimum absolute atomic E-state index is 0.0646. The van der Waals surface area contributed by atoms with Crippen molar-refractivity contribution >= 4 is 17.7 Å². The van der Waals surface area contributed by atoms with Crippen LogP contribution in [0.3, 0.4) is 0 Å². The van der Waals surface area contributed by atoms with E-state index in [1.54, 1.807) is 38.1 Å². The number of nitrogens with zero attached hydrogens (tertiary/aromatic N) is 3. The van der Waals surface area contributed by atoms with E-state index in [1.165, 1.54) is 13.9 Å². The summed E-state index contributed by atoms with van der Waals surface area (Å²) in [5.74, 6) is -1.81. The molecule has 10 heteroatoms. The number of fused-ring (bicyclic) bond motifs is 5. The van der Waals surface area contributed by atoms with Gasteiger partial charge in [0.1, 0.15) is 10.8 Å². The predicted octanol–water partition coefficient (Wildman–Crippen LogP) is 3.52. The van der Waals surface area contributed by atoms with Crippen LogP contribution in [0.1, 0.15) is 58.0 Å². The minimum Gasteiger partial charge on any atom is -0.465 e. The van der Waals surface area contributed by atoms with Crippen LogP contribution in [0.25, 0.3) is 5.69 Å². The van der Waals surface area contributed by atoms with E-state index in [0.717, 1.165) is 5.57 Å². The van der Waals surface area contributed by atoms with Crippen LogP contribution in [0.4, 0.5) is 0 Å². The lowest BCUT2D eigenvalue weighted by atomic mass is 9.63. The van der Waals surface area contributed by atoms with Gasteiger partial charge < -0.3 is 9.47 Å². The number of carbonyl (C=O) groups excluding carboxylic acids is 3. The number of hydrogen-bond donors (Lipinski definition) is 0. The van der Waals surface area contributed by atoms with Crippen molar-refractivity contribution in [3.8, 4) is 5.69 Å². The average Bonchev–Trinajstić information content (AvgIpc) is 3.72. The lowest BCUT2D eigenvalue weighted by Crippen LogP contribution is -2.53. The summed E-state index contributed by atoms with van der Waals surface area (Å²) in [4.78, 5) is 72.0. The summed E-state index contributed by atoms with van der Waals surface area (Å²) in [5.41, 5.74) is -3.94. The highest BCUT2D eigenvalue weighted by molar-refractivity contribution is 6.18. The number of allylic oxidation sites excluding steroid dienone is 7. The lowest BCUT2D eigenvalue weighted by Gasteiger charge is -2.47. The van der Waals surface area contributed by atoms with Crippen LogP contribution in [0.5, 0.6) is 0 Å². The maximum absolute atomic E-state index is 15.2. The minimum atomic E-state index is -1.76. The Morgan fingerprint density at radius 1 is 0.818 bits per heavy atom. The topological polar surface area (TPSA) is 119 Å². The van der Waals surface area contributed by atoms with Crippen LogP contribution >= 0.6 is 0 Å². The van der Waals surface area contributed by atoms with Crippen molar-refractivity contribution in [1.29, 1.82) is 0 Å². The van der Waals surface area contributed by atoms with E-state index in [4.69, 9.17) is 9.47 Å². The van der Waals surface area contributed by atoms with Gasteiger partial charge in [0.25, 0.3) is 0 Å². The quantitative estimate of drug-likeness (QED) is 0.295. The summed E-state index contributed by atoms with van der Waals surface area (Å²) >= 11 is 0. The van der Waals surface area contributed by atoms with Gasteiger partial charge in [0.15, 0.2) is 5.78 Å². The number of hydrogen-bond acceptors (Lipinski definition) is 7. The Bertz CT molecular complexity index is 1910. The fourth-order valence-corrected chi connectivity index (χ4v) is 9.56. The zero-order chi connectivity index (χ0) is 30.6. The van der Waals surface area contributed by atoms with E-state index in [0.29, 0.717) is 24.1 Å². The number of benzene rings is 1. The van der Waals surface area contributed by atoms with Gasteiger partial charge in [0.2, 0.25) is 0 Å². The molecular weight excluding hydrogens is 562 g/mol. The average molecular weight is 596 g/mol. The molecule has 3 saturated carbocycles. The summed E-state index contributed by atoms with van der Waals surface area (Å²) in [5, 5.41) is 0. The first-order valence-corrected chi connectivity index (χ1v) is 15.4. The molecule has 6 bridgehead atoms. The number of ketones is 1. The van der Waals surface area contributed by atoms with Crippen molar-refractivity contribution in [3.05, 3.63) is 98.9 Å². The summed E-state index contributed by atoms with van der Waals surface area (Å²) in [6.45, 7) is 3.54. The molecule has 6 atom stereocenters. The van der Waals surface area contributed by atoms with E-state index < -0.39 is 62.8 Å². The third-order valence-electron chi connectivity index (χ3n) is 11.2. The SMILES string of the molecule is CCOC(=O)[C@]12CC3=CC=CC=C(C3)[C@](C(=O)OCC)(C[C@]34C[C@@]3(C1)[C@H]1C=C[C@@H]4n3c(=O)n(-c4ccccc4)c(=O)n31)C2=O. The Kier molecular flexibility index (Phi) is 5.42. The van der Waals surface area contributed by atoms with Crippen molar-refractivity contribution in [2.75, 3.05) is 13.2 Å². The molecule has 3 fully saturated rings. The molecule has 7 aliphatic rings. The molecule has 0 spiro atoms. The van der Waals surface area contributed by atoms with Gasteiger partial charge >= 0.3 is 23.3 Å². The number of aromatic nitrogens is 3. The standard InChI is InChI=1S/C34H33N3O7/c1-3-43-27(39)31-17-21-10-8-9-11-22(16-21)34(26(31)38,28(40)44-4-2)20-33-19-32(33,18-31)24-14-15-25(33)37-30(42)35(29(41)36(24)37)23-12-6-5-7-13-23/h5-15,24-25H,3-4,16-20H2,1-2H3/t24-,25+,31-,32+,33+,34-/m1/s1. The van der Waals surface area contributed by atoms with Crippen LogP contribution in [0.15, 0.2) is 87.5 Å². The number of rotatable bonds is 5. The number of Topliss-reactive ketones (excluding diaryl/α,β-unsaturated/α-hetero) is 1. The number of carbonyl (C=O) groups is 3. The molecule has 5 aliphatic carbocycles. The van der Waals surface area contributed by atoms with Crippen molar-refractivity contribution in [3.63, 3.8) is 0 Å². The van der Waals surface area contributed by atoms with Crippen molar-refractivity contribution in [1.82, 2.24) is 13.9 Å². The number of esters is 2. The molecule has 2 aromatic rings. The molecule has 0 saturated heterocycles. The predicted molar refractivity (Wildman–Crippen MR) is 158 cm³/mol. The normalized spacial score (nSPS) is 35.2. The van der Waals surface area contributed by atoms with E-state index in [1.807, 2.05) is 42.5 Å². The van der Waals surface area contributed by atoms with E-state index in [2.05, 4.69) is 0 Å². The maximum Gasteiger partial charge on any atom is 0.352 e. The molecule has 2 aliphatic heterocycles. The molecule has 0 amide bonds. The summed E-state index contributed by atoms with van der Waals surface area (Å²) in [6, 6.07) is 7.60. The first-order chi connectivity index (χ1) is 21.2. The zero-order valence-electron chi connectivity index (χ0n) is 24.7. The van der Waals surface area contributed by atoms with Gasteiger partial charge in [-0.1, -0.05) is 60.2 Å². The first kappa shape index (κ1) is 27.1. The third-order valence-corrected chi connectivity index (χ3v) is 11.2. The zero-order valence-corrected chi connectivity index (χ0v) is 24.7. The number of para-hydroxylation sites is 1. The van der Waals surface area contributed by atoms with E-state index in [-0.39, 0.29) is 32.5 Å². The Balaban J connectivity index is 1.42. The molecular formula is C34H33N3O7. The van der Waals surface area contributed by atoms with Crippen molar-refractivity contribution < 1.29 is 23.9 Å². The molecule has 3 heterocycles. The maximum atomic E-state index is 15.2. The van der Waals surface area contributed by atoms with Crippen LogP contribution in [0, 0.1) is 21.7 Å². The molecule has 10 nitrogen and oxygen atoms in total. The van der Waals surface area contributed by atoms with Gasteiger partial charge in [0.05, 0.1) is 31.0 Å². The van der Waals surface area contributed by atoms with E-state index >= 15 is 4.79 Å². The van der Waals surface area contributed by atoms with Crippen LogP contribution in [-0.4, -0.2) is 44.9 Å². The Hall–Kier alpha value is -4.47. The third kappa shape index (κ3) is 2.98. The summed E-state index contributed by atoms with van der Waals surface area (Å²) in [7, 11) is 0. The van der Waals surface area contributed by atoms with E-state index in [9.17, 15) is 19.2 Å². The van der Waals surface area contributed by atoms with Crippen LogP contribution < -0.4 is 11.4 Å². The first-order valence-electron chi connectivity index (χ1n) is 15.4. The van der Waals surface area contributed by atoms with Crippen LogP contribution in [0.2, 0.25) is 0 Å². The summed E-state index contributed by atoms with van der Waals surface area (Å²) in [6.07, 6.45) is 12.5. The Morgan fingerprint density at radius 2 is 1.43 bits per heavy atom. The van der Waals surface area contributed by atoms with Crippen molar-refractivity contribution in [2.45, 2.75) is 58.0 Å². The fraction of sp³-hybridized carbons (Fsp3) is 0.441. The van der Waals surface area contributed by atoms with Crippen LogP contribution in [-0.2, 0) is 23.9 Å². The van der Waals surface area contributed by atoms with Gasteiger partial charge in [-0.25, -0.2) is 23.5 Å². The monoisotopic (exact) mass is 595 g/mol. The highest BCUT2D eigenvalue weighted by Crippen LogP contribution is 2.85. The molecule has 0 N–H and O–H groups in total. The second kappa shape index (κ2) is 8.80. The van der Waals surface area contributed by atoms with Gasteiger partial charge in [-0.15, -0.1) is 0 Å². The second-order valence-corrected chi connectivity index (χ2v) is 13.1. The molecule has 0 unspecified atom stereocenters. The highest BCUT2D eigenvalue weighted by Gasteiger charge is 2.85. The Morgan fingerprint density at radius 3 is 2.09 bits per heavy atom. The smallest absolute Gasteiger partial charge is 0.352 e. The fourth-order valence-electron chi connectivity index (χ4n) is 9.56. The highest BCUT2D eigenvalue weighted by atomic mass is 16.5. The molecule has 1 aromatic heterocycles. The molecule has 44 heavy (non-hydrogen) atoms. The Labute approximate surface area is 252 Å². The molecule has 0 radical (unpaired) electrons. The van der Waals surface area contributed by atoms with Crippen molar-refractivity contribution in [2.24, 2.45) is 21.7 Å².